The Hall–Kier alpha value is -1.40. The van der Waals surface area contributed by atoms with E-state index in [4.69, 9.17) is 0 Å². The quantitative estimate of drug-likeness (QED) is 0.847. The molecule has 1 saturated heterocycles. The Morgan fingerprint density at radius 1 is 1.32 bits per heavy atom. The van der Waals surface area contributed by atoms with Crippen molar-refractivity contribution in [2.24, 2.45) is 5.92 Å². The Morgan fingerprint density at radius 2 is 2.05 bits per heavy atom. The first-order valence-corrected chi connectivity index (χ1v) is 8.33. The Morgan fingerprint density at radius 3 is 2.73 bits per heavy atom. The maximum atomic E-state index is 12.8. The second kappa shape index (κ2) is 5.06. The number of amides is 1. The molecule has 6 nitrogen and oxygen atoms in total. The molecule has 3 aliphatic rings. The molecular formula is C16H24N4O2. The van der Waals surface area contributed by atoms with Gasteiger partial charge >= 0.3 is 0 Å². The molecule has 2 aliphatic heterocycles. The second-order valence-corrected chi connectivity index (χ2v) is 7.19. The lowest BCUT2D eigenvalue weighted by atomic mass is 9.89. The predicted octanol–water partition coefficient (Wildman–Crippen LogP) is 0.775. The summed E-state index contributed by atoms with van der Waals surface area (Å²) < 4.78 is 0. The topological polar surface area (TPSA) is 72.5 Å². The number of carbonyl (C=O) groups is 1. The highest BCUT2D eigenvalue weighted by Crippen LogP contribution is 2.46. The summed E-state index contributed by atoms with van der Waals surface area (Å²) in [5.41, 5.74) is 2.37. The first-order valence-electron chi connectivity index (χ1n) is 8.33. The van der Waals surface area contributed by atoms with E-state index >= 15 is 0 Å². The number of rotatable bonds is 2. The second-order valence-electron chi connectivity index (χ2n) is 7.19. The van der Waals surface area contributed by atoms with E-state index in [1.165, 1.54) is 0 Å². The van der Waals surface area contributed by atoms with Crippen LogP contribution in [0.5, 0.6) is 0 Å². The first-order chi connectivity index (χ1) is 10.6. The number of aromatic amines is 1. The Bertz CT molecular complexity index is 585. The van der Waals surface area contributed by atoms with Crippen LogP contribution in [0.4, 0.5) is 0 Å². The minimum Gasteiger partial charge on any atom is -0.390 e. The number of carbonyl (C=O) groups excluding carboxylic acids is 1. The highest BCUT2D eigenvalue weighted by atomic mass is 16.3. The zero-order valence-electron chi connectivity index (χ0n) is 13.1. The van der Waals surface area contributed by atoms with E-state index in [0.29, 0.717) is 11.6 Å². The lowest BCUT2D eigenvalue weighted by Crippen LogP contribution is -2.42. The van der Waals surface area contributed by atoms with E-state index in [0.717, 1.165) is 69.5 Å². The number of H-pyrrole nitrogens is 1. The van der Waals surface area contributed by atoms with Crippen LogP contribution in [0.2, 0.25) is 0 Å². The summed E-state index contributed by atoms with van der Waals surface area (Å²) in [5, 5.41) is 17.6. The van der Waals surface area contributed by atoms with Crippen LogP contribution in [0.3, 0.4) is 0 Å². The number of piperidine rings is 1. The Labute approximate surface area is 130 Å². The fourth-order valence-electron chi connectivity index (χ4n) is 3.91. The monoisotopic (exact) mass is 304 g/mol. The van der Waals surface area contributed by atoms with Crippen molar-refractivity contribution >= 4 is 5.91 Å². The van der Waals surface area contributed by atoms with Gasteiger partial charge in [-0.3, -0.25) is 9.89 Å². The summed E-state index contributed by atoms with van der Waals surface area (Å²) in [6.07, 6.45) is 4.63. The van der Waals surface area contributed by atoms with E-state index in [2.05, 4.69) is 22.1 Å². The summed E-state index contributed by atoms with van der Waals surface area (Å²) >= 11 is 0. The van der Waals surface area contributed by atoms with Crippen molar-refractivity contribution in [3.63, 3.8) is 0 Å². The number of nitrogens with zero attached hydrogens (tertiary/aromatic N) is 3. The summed E-state index contributed by atoms with van der Waals surface area (Å²) in [5.74, 6) is 0.421. The van der Waals surface area contributed by atoms with Crippen LogP contribution in [-0.4, -0.2) is 63.3 Å². The van der Waals surface area contributed by atoms with E-state index in [1.807, 2.05) is 4.90 Å². The van der Waals surface area contributed by atoms with Crippen molar-refractivity contribution in [2.75, 3.05) is 26.7 Å². The van der Waals surface area contributed by atoms with Crippen molar-refractivity contribution in [3.8, 4) is 0 Å². The minimum absolute atomic E-state index is 0.0500. The molecular weight excluding hydrogens is 280 g/mol. The maximum absolute atomic E-state index is 12.8. The molecule has 0 atom stereocenters. The van der Waals surface area contributed by atoms with Crippen molar-refractivity contribution < 1.29 is 9.90 Å². The summed E-state index contributed by atoms with van der Waals surface area (Å²) in [6, 6.07) is 0. The highest BCUT2D eigenvalue weighted by Gasteiger charge is 2.48. The van der Waals surface area contributed by atoms with Crippen molar-refractivity contribution in [1.29, 1.82) is 0 Å². The first kappa shape index (κ1) is 14.2. The molecule has 2 N–H and O–H groups in total. The van der Waals surface area contributed by atoms with Gasteiger partial charge in [0.2, 0.25) is 0 Å². The van der Waals surface area contributed by atoms with Gasteiger partial charge in [-0.05, 0) is 38.6 Å². The molecule has 0 unspecified atom stereocenters. The van der Waals surface area contributed by atoms with Crippen LogP contribution < -0.4 is 0 Å². The molecule has 4 rings (SSSR count). The van der Waals surface area contributed by atoms with Crippen LogP contribution >= 0.6 is 0 Å². The lowest BCUT2D eigenvalue weighted by Gasteiger charge is -2.34. The molecule has 1 aromatic heterocycles. The van der Waals surface area contributed by atoms with Crippen LogP contribution in [-0.2, 0) is 13.0 Å². The fraction of sp³-hybridized carbons (Fsp3) is 0.750. The number of fused-ring (bicyclic) bond motifs is 1. The van der Waals surface area contributed by atoms with Crippen LogP contribution in [0.25, 0.3) is 0 Å². The molecule has 1 aromatic rings. The zero-order valence-corrected chi connectivity index (χ0v) is 13.1. The molecule has 0 bridgehead atoms. The number of hydrogen-bond donors (Lipinski definition) is 2. The van der Waals surface area contributed by atoms with Gasteiger partial charge in [0.05, 0.1) is 5.60 Å². The average Bonchev–Trinajstić information content (AvgIpc) is 3.15. The number of nitrogens with one attached hydrogen (secondary N) is 1. The standard InChI is InChI=1S/C16H24N4O2/c1-19-7-4-13-12(10-19)14(18-17-13)15(21)20-8-2-11(3-9-20)16(22)5-6-16/h11,22H,2-10H2,1H3,(H,17,18). The van der Waals surface area contributed by atoms with Crippen molar-refractivity contribution in [1.82, 2.24) is 20.0 Å². The Balaban J connectivity index is 1.46. The molecule has 120 valence electrons. The third-order valence-corrected chi connectivity index (χ3v) is 5.63. The maximum Gasteiger partial charge on any atom is 0.274 e. The van der Waals surface area contributed by atoms with Crippen LogP contribution in [0, 0.1) is 5.92 Å². The summed E-state index contributed by atoms with van der Waals surface area (Å²) in [4.78, 5) is 16.9. The molecule has 0 aromatic carbocycles. The molecule has 0 spiro atoms. The third kappa shape index (κ3) is 2.34. The zero-order chi connectivity index (χ0) is 15.3. The van der Waals surface area contributed by atoms with Crippen LogP contribution in [0.15, 0.2) is 0 Å². The van der Waals surface area contributed by atoms with Gasteiger partial charge in [-0.1, -0.05) is 0 Å². The van der Waals surface area contributed by atoms with Gasteiger partial charge in [0.15, 0.2) is 5.69 Å². The number of aromatic nitrogens is 2. The molecule has 0 radical (unpaired) electrons. The average molecular weight is 304 g/mol. The number of aliphatic hydroxyl groups is 1. The van der Waals surface area contributed by atoms with Crippen molar-refractivity contribution in [2.45, 2.75) is 44.2 Å². The highest BCUT2D eigenvalue weighted by molar-refractivity contribution is 5.94. The SMILES string of the molecule is CN1CCc2[nH]nc(C(=O)N3CCC(C4(O)CC4)CC3)c2C1. The lowest BCUT2D eigenvalue weighted by molar-refractivity contribution is 0.0337. The van der Waals surface area contributed by atoms with E-state index < -0.39 is 5.60 Å². The van der Waals surface area contributed by atoms with Crippen molar-refractivity contribution in [3.05, 3.63) is 17.0 Å². The summed E-state index contributed by atoms with van der Waals surface area (Å²) in [6.45, 7) is 3.28. The van der Waals surface area contributed by atoms with Gasteiger partial charge in [-0.2, -0.15) is 5.10 Å². The van der Waals surface area contributed by atoms with Gasteiger partial charge < -0.3 is 14.9 Å². The molecule has 1 aliphatic carbocycles. The number of likely N-dealkylation sites (tertiary alicyclic amines) is 1. The third-order valence-electron chi connectivity index (χ3n) is 5.63. The smallest absolute Gasteiger partial charge is 0.274 e. The molecule has 2 fully saturated rings. The van der Waals surface area contributed by atoms with E-state index in [-0.39, 0.29) is 5.91 Å². The van der Waals surface area contributed by atoms with Gasteiger partial charge in [-0.25, -0.2) is 0 Å². The molecule has 6 heteroatoms. The van der Waals surface area contributed by atoms with E-state index in [9.17, 15) is 9.90 Å². The fourth-order valence-corrected chi connectivity index (χ4v) is 3.91. The van der Waals surface area contributed by atoms with Crippen LogP contribution in [0.1, 0.15) is 47.4 Å². The minimum atomic E-state index is -0.413. The van der Waals surface area contributed by atoms with E-state index in [1.54, 1.807) is 0 Å². The van der Waals surface area contributed by atoms with Gasteiger partial charge in [0.25, 0.3) is 5.91 Å². The van der Waals surface area contributed by atoms with Gasteiger partial charge in [-0.15, -0.1) is 0 Å². The molecule has 1 amide bonds. The summed E-state index contributed by atoms with van der Waals surface area (Å²) in [7, 11) is 2.08. The normalized spacial score (nSPS) is 25.1. The molecule has 1 saturated carbocycles. The van der Waals surface area contributed by atoms with Gasteiger partial charge in [0, 0.05) is 43.9 Å². The Kier molecular flexibility index (Phi) is 3.27. The number of likely N-dealkylation sites (N-methyl/N-ethyl adjacent to an activating group) is 1. The molecule has 22 heavy (non-hydrogen) atoms. The predicted molar refractivity (Wildman–Crippen MR) is 81.4 cm³/mol. The molecule has 3 heterocycles. The van der Waals surface area contributed by atoms with Gasteiger partial charge in [0.1, 0.15) is 0 Å². The number of hydrogen-bond acceptors (Lipinski definition) is 4. The largest absolute Gasteiger partial charge is 0.390 e.